The van der Waals surface area contributed by atoms with Crippen LogP contribution in [0.25, 0.3) is 0 Å². The SMILES string of the molecule is CNC(=O)C1Cc2ccccc2CN1CC(=O)c1c[nH]c(C(=O)N2CCCC2)c1. The summed E-state index contributed by atoms with van der Waals surface area (Å²) in [6.07, 6.45) is 4.22. The predicted molar refractivity (Wildman–Crippen MR) is 109 cm³/mol. The minimum absolute atomic E-state index is 0.0586. The van der Waals surface area contributed by atoms with Crippen LogP contribution in [0.2, 0.25) is 0 Å². The maximum Gasteiger partial charge on any atom is 0.270 e. The minimum Gasteiger partial charge on any atom is -0.358 e. The molecule has 1 atom stereocenters. The molecule has 0 spiro atoms. The maximum absolute atomic E-state index is 12.9. The van der Waals surface area contributed by atoms with Gasteiger partial charge < -0.3 is 15.2 Å². The fourth-order valence-electron chi connectivity index (χ4n) is 4.21. The number of carbonyl (C=O) groups is 3. The molecule has 4 rings (SSSR count). The number of aromatic amines is 1. The van der Waals surface area contributed by atoms with Crippen molar-refractivity contribution in [2.75, 3.05) is 26.7 Å². The molecule has 3 heterocycles. The quantitative estimate of drug-likeness (QED) is 0.755. The van der Waals surface area contributed by atoms with Crippen LogP contribution in [-0.4, -0.2) is 65.1 Å². The second-order valence-corrected chi connectivity index (χ2v) is 7.73. The molecule has 0 aliphatic carbocycles. The molecule has 1 aromatic heterocycles. The number of hydrogen-bond acceptors (Lipinski definition) is 4. The van der Waals surface area contributed by atoms with Crippen LogP contribution in [0, 0.1) is 0 Å². The number of nitrogens with one attached hydrogen (secondary N) is 2. The van der Waals surface area contributed by atoms with Crippen LogP contribution >= 0.6 is 0 Å². The third-order valence-electron chi connectivity index (χ3n) is 5.87. The van der Waals surface area contributed by atoms with Gasteiger partial charge in [-0.15, -0.1) is 0 Å². The molecule has 2 aliphatic heterocycles. The molecule has 2 aliphatic rings. The summed E-state index contributed by atoms with van der Waals surface area (Å²) in [5.41, 5.74) is 3.20. The summed E-state index contributed by atoms with van der Waals surface area (Å²) >= 11 is 0. The number of rotatable bonds is 5. The lowest BCUT2D eigenvalue weighted by Crippen LogP contribution is -2.51. The molecule has 1 fully saturated rings. The Balaban J connectivity index is 1.49. The standard InChI is InChI=1S/C22H26N4O3/c1-23-21(28)19-11-15-6-2-3-7-16(15)13-26(19)14-20(27)17-10-18(24-12-17)22(29)25-8-4-5-9-25/h2-3,6-7,10,12,19,24H,4-5,8-9,11,13-14H2,1H3,(H,23,28). The number of ketones is 1. The summed E-state index contributed by atoms with van der Waals surface area (Å²) in [5, 5.41) is 2.71. The summed E-state index contributed by atoms with van der Waals surface area (Å²) in [6.45, 7) is 2.20. The van der Waals surface area contributed by atoms with Gasteiger partial charge in [0.25, 0.3) is 5.91 Å². The fourth-order valence-corrected chi connectivity index (χ4v) is 4.21. The highest BCUT2D eigenvalue weighted by atomic mass is 16.2. The first kappa shape index (κ1) is 19.4. The van der Waals surface area contributed by atoms with Gasteiger partial charge >= 0.3 is 0 Å². The largest absolute Gasteiger partial charge is 0.358 e. The smallest absolute Gasteiger partial charge is 0.270 e. The Bertz CT molecular complexity index is 930. The highest BCUT2D eigenvalue weighted by Crippen LogP contribution is 2.24. The molecule has 7 heteroatoms. The summed E-state index contributed by atoms with van der Waals surface area (Å²) < 4.78 is 0. The van der Waals surface area contributed by atoms with Crippen molar-refractivity contribution < 1.29 is 14.4 Å². The first-order valence-corrected chi connectivity index (χ1v) is 10.1. The second-order valence-electron chi connectivity index (χ2n) is 7.73. The van der Waals surface area contributed by atoms with Crippen molar-refractivity contribution in [2.45, 2.75) is 31.8 Å². The molecule has 1 saturated heterocycles. The van der Waals surface area contributed by atoms with E-state index < -0.39 is 0 Å². The third-order valence-corrected chi connectivity index (χ3v) is 5.87. The van der Waals surface area contributed by atoms with E-state index in [0.29, 0.717) is 24.2 Å². The summed E-state index contributed by atoms with van der Waals surface area (Å²) in [6, 6.07) is 9.27. The van der Waals surface area contributed by atoms with Crippen molar-refractivity contribution in [2.24, 2.45) is 0 Å². The van der Waals surface area contributed by atoms with Gasteiger partial charge in [0.1, 0.15) is 5.69 Å². The molecule has 1 aromatic carbocycles. The van der Waals surface area contributed by atoms with Crippen molar-refractivity contribution in [1.29, 1.82) is 0 Å². The molecule has 7 nitrogen and oxygen atoms in total. The summed E-state index contributed by atoms with van der Waals surface area (Å²) in [5.74, 6) is -0.252. The van der Waals surface area contributed by atoms with Crippen LogP contribution in [0.15, 0.2) is 36.5 Å². The van der Waals surface area contributed by atoms with Gasteiger partial charge in [-0.3, -0.25) is 19.3 Å². The number of benzene rings is 1. The first-order valence-electron chi connectivity index (χ1n) is 10.1. The number of fused-ring (bicyclic) bond motifs is 1. The van der Waals surface area contributed by atoms with Gasteiger partial charge in [0.15, 0.2) is 5.78 Å². The molecule has 1 unspecified atom stereocenters. The summed E-state index contributed by atoms with van der Waals surface area (Å²) in [7, 11) is 1.62. The van der Waals surface area contributed by atoms with Crippen LogP contribution in [0.5, 0.6) is 0 Å². The molecule has 29 heavy (non-hydrogen) atoms. The normalized spacial score (nSPS) is 19.1. The Hall–Kier alpha value is -2.93. The van der Waals surface area contributed by atoms with Gasteiger partial charge in [0.05, 0.1) is 12.6 Å². The average molecular weight is 394 g/mol. The molecule has 2 amide bonds. The zero-order chi connectivity index (χ0) is 20.4. The number of hydrogen-bond donors (Lipinski definition) is 2. The van der Waals surface area contributed by atoms with E-state index in [4.69, 9.17) is 0 Å². The number of aromatic nitrogens is 1. The summed E-state index contributed by atoms with van der Waals surface area (Å²) in [4.78, 5) is 44.5. The molecule has 0 bridgehead atoms. The van der Waals surface area contributed by atoms with Gasteiger partial charge in [0.2, 0.25) is 5.91 Å². The predicted octanol–water partition coefficient (Wildman–Crippen LogP) is 1.61. The third kappa shape index (κ3) is 3.96. The molecular formula is C22H26N4O3. The van der Waals surface area contributed by atoms with Crippen LogP contribution in [0.1, 0.15) is 44.8 Å². The van der Waals surface area contributed by atoms with Gasteiger partial charge in [-0.2, -0.15) is 0 Å². The molecule has 152 valence electrons. The van der Waals surface area contributed by atoms with E-state index in [1.165, 1.54) is 0 Å². The van der Waals surface area contributed by atoms with Gasteiger partial charge in [-0.25, -0.2) is 0 Å². The minimum atomic E-state index is -0.386. The zero-order valence-corrected chi connectivity index (χ0v) is 16.6. The van der Waals surface area contributed by atoms with Crippen LogP contribution in [0.3, 0.4) is 0 Å². The number of nitrogens with zero attached hydrogens (tertiary/aromatic N) is 2. The van der Waals surface area contributed by atoms with Crippen LogP contribution in [-0.2, 0) is 17.8 Å². The van der Waals surface area contributed by atoms with E-state index in [1.54, 1.807) is 19.3 Å². The van der Waals surface area contributed by atoms with Crippen molar-refractivity contribution >= 4 is 17.6 Å². The van der Waals surface area contributed by atoms with E-state index >= 15 is 0 Å². The van der Waals surface area contributed by atoms with Crippen molar-refractivity contribution in [3.8, 4) is 0 Å². The van der Waals surface area contributed by atoms with Gasteiger partial charge in [-0.05, 0) is 36.5 Å². The first-order chi connectivity index (χ1) is 14.1. The van der Waals surface area contributed by atoms with E-state index in [2.05, 4.69) is 10.3 Å². The number of H-pyrrole nitrogens is 1. The highest BCUT2D eigenvalue weighted by molar-refractivity contribution is 6.01. The van der Waals surface area contributed by atoms with Crippen molar-refractivity contribution in [3.63, 3.8) is 0 Å². The number of carbonyl (C=O) groups excluding carboxylic acids is 3. The number of Topliss-reactive ketones (excluding diaryl/α,β-unsaturated/α-hetero) is 1. The lowest BCUT2D eigenvalue weighted by molar-refractivity contribution is -0.126. The second kappa shape index (κ2) is 8.21. The van der Waals surface area contributed by atoms with Crippen LogP contribution in [0.4, 0.5) is 0 Å². The lowest BCUT2D eigenvalue weighted by atomic mass is 9.93. The molecule has 0 saturated carbocycles. The Morgan fingerprint density at radius 2 is 1.86 bits per heavy atom. The Kier molecular flexibility index (Phi) is 5.49. The van der Waals surface area contributed by atoms with Gasteiger partial charge in [-0.1, -0.05) is 24.3 Å². The monoisotopic (exact) mass is 394 g/mol. The highest BCUT2D eigenvalue weighted by Gasteiger charge is 2.32. The van der Waals surface area contributed by atoms with E-state index in [0.717, 1.165) is 37.1 Å². The lowest BCUT2D eigenvalue weighted by Gasteiger charge is -2.35. The van der Waals surface area contributed by atoms with Crippen molar-refractivity contribution in [1.82, 2.24) is 20.1 Å². The number of amides is 2. The number of likely N-dealkylation sites (N-methyl/N-ethyl adjacent to an activating group) is 1. The number of likely N-dealkylation sites (tertiary alicyclic amines) is 1. The molecular weight excluding hydrogens is 368 g/mol. The van der Waals surface area contributed by atoms with Crippen molar-refractivity contribution in [3.05, 3.63) is 58.9 Å². The molecule has 2 N–H and O–H groups in total. The Morgan fingerprint density at radius 3 is 2.59 bits per heavy atom. The van der Waals surface area contributed by atoms with Crippen LogP contribution < -0.4 is 5.32 Å². The molecule has 2 aromatic rings. The van der Waals surface area contributed by atoms with E-state index in [1.807, 2.05) is 34.1 Å². The average Bonchev–Trinajstić information content (AvgIpc) is 3.44. The Labute approximate surface area is 170 Å². The topological polar surface area (TPSA) is 85.5 Å². The van der Waals surface area contributed by atoms with Gasteiger partial charge in [0, 0.05) is 38.4 Å². The van der Waals surface area contributed by atoms with E-state index in [9.17, 15) is 14.4 Å². The molecule has 0 radical (unpaired) electrons. The maximum atomic E-state index is 12.9. The fraction of sp³-hybridized carbons (Fsp3) is 0.409. The Morgan fingerprint density at radius 1 is 1.14 bits per heavy atom. The van der Waals surface area contributed by atoms with E-state index in [-0.39, 0.29) is 30.2 Å². The zero-order valence-electron chi connectivity index (χ0n) is 16.6.